The molecule has 1 fully saturated rings. The molecule has 1 aliphatic rings. The monoisotopic (exact) mass is 405 g/mol. The van der Waals surface area contributed by atoms with Crippen molar-refractivity contribution in [3.8, 4) is 17.7 Å². The van der Waals surface area contributed by atoms with Crippen molar-refractivity contribution in [3.05, 3.63) is 34.6 Å². The Morgan fingerprint density at radius 3 is 2.79 bits per heavy atom. The first-order valence-corrected chi connectivity index (χ1v) is 8.90. The molecular weight excluding hydrogens is 386 g/mol. The largest absolute Gasteiger partial charge is 0.480 e. The summed E-state index contributed by atoms with van der Waals surface area (Å²) in [5.41, 5.74) is 6.51. The molecule has 0 unspecified atom stereocenters. The quantitative estimate of drug-likeness (QED) is 0.351. The van der Waals surface area contributed by atoms with Crippen molar-refractivity contribution in [3.63, 3.8) is 0 Å². The summed E-state index contributed by atoms with van der Waals surface area (Å²) in [7, 11) is 1.49. The summed E-state index contributed by atoms with van der Waals surface area (Å²) in [6, 6.07) is 2.89. The van der Waals surface area contributed by atoms with Gasteiger partial charge in [0.1, 0.15) is 17.5 Å². The molecule has 2 aromatic heterocycles. The van der Waals surface area contributed by atoms with Gasteiger partial charge >= 0.3 is 0 Å². The van der Waals surface area contributed by atoms with Crippen molar-refractivity contribution >= 4 is 23.4 Å². The van der Waals surface area contributed by atoms with E-state index >= 15 is 0 Å². The van der Waals surface area contributed by atoms with E-state index in [9.17, 15) is 15.3 Å². The molecular formula is C18H20ClN5O4. The van der Waals surface area contributed by atoms with Crippen LogP contribution in [0.25, 0.3) is 0 Å². The normalized spacial score (nSPS) is 23.8. The van der Waals surface area contributed by atoms with Crippen LogP contribution in [0.3, 0.4) is 0 Å². The average molecular weight is 406 g/mol. The first-order chi connectivity index (χ1) is 13.4. The zero-order valence-corrected chi connectivity index (χ0v) is 15.8. The number of aliphatic hydroxyl groups excluding tert-OH is 3. The fourth-order valence-electron chi connectivity index (χ4n) is 3.07. The highest BCUT2D eigenvalue weighted by Gasteiger charge is 2.41. The molecule has 28 heavy (non-hydrogen) atoms. The molecule has 0 spiro atoms. The predicted molar refractivity (Wildman–Crippen MR) is 103 cm³/mol. The van der Waals surface area contributed by atoms with Gasteiger partial charge in [-0.25, -0.2) is 4.98 Å². The Kier molecular flexibility index (Phi) is 6.16. The topological polar surface area (TPSA) is 147 Å². The Balaban J connectivity index is 1.95. The Hall–Kier alpha value is -2.64. The average Bonchev–Trinajstić information content (AvgIpc) is 2.95. The van der Waals surface area contributed by atoms with E-state index in [0.29, 0.717) is 17.9 Å². The van der Waals surface area contributed by atoms with Crippen molar-refractivity contribution < 1.29 is 20.1 Å². The van der Waals surface area contributed by atoms with Crippen LogP contribution in [0.1, 0.15) is 17.5 Å². The number of methoxy groups -OCH3 is 1. The number of anilines is 2. The van der Waals surface area contributed by atoms with Gasteiger partial charge in [-0.1, -0.05) is 23.4 Å². The molecule has 1 saturated carbocycles. The first-order valence-electron chi connectivity index (χ1n) is 8.52. The summed E-state index contributed by atoms with van der Waals surface area (Å²) >= 11 is 6.21. The molecule has 0 aliphatic heterocycles. The summed E-state index contributed by atoms with van der Waals surface area (Å²) in [4.78, 5) is 12.1. The number of hydrogen-bond acceptors (Lipinski definition) is 9. The number of ether oxygens (including phenoxy) is 1. The molecule has 148 valence electrons. The number of nitrogens with zero attached hydrogens (tertiary/aromatic N) is 3. The van der Waals surface area contributed by atoms with E-state index in [1.54, 1.807) is 18.3 Å². The molecule has 10 heteroatoms. The molecule has 1 aliphatic carbocycles. The Morgan fingerprint density at radius 1 is 1.32 bits per heavy atom. The first kappa shape index (κ1) is 20.1. The summed E-state index contributed by atoms with van der Waals surface area (Å²) in [6.07, 6.45) is -0.220. The van der Waals surface area contributed by atoms with E-state index in [1.165, 1.54) is 7.11 Å². The maximum absolute atomic E-state index is 10.2. The highest BCUT2D eigenvalue weighted by atomic mass is 35.5. The lowest BCUT2D eigenvalue weighted by Crippen LogP contribution is -2.35. The van der Waals surface area contributed by atoms with Crippen LogP contribution in [0.5, 0.6) is 5.88 Å². The molecule has 0 radical (unpaired) electrons. The third-order valence-electron chi connectivity index (χ3n) is 4.53. The second-order valence-electron chi connectivity index (χ2n) is 6.32. The van der Waals surface area contributed by atoms with E-state index in [2.05, 4.69) is 32.1 Å². The molecule has 3 rings (SSSR count). The lowest BCUT2D eigenvalue weighted by molar-refractivity contribution is 0.00445. The SMILES string of the molecule is COc1ncccc1C#Cc1c(Cl)nc(N)nc1N[C@@H]1C[C@H](CO)[C@@H](O)[C@H]1O. The fourth-order valence-corrected chi connectivity index (χ4v) is 3.29. The van der Waals surface area contributed by atoms with Crippen LogP contribution in [0.4, 0.5) is 11.8 Å². The van der Waals surface area contributed by atoms with Crippen LogP contribution in [-0.4, -0.2) is 62.2 Å². The van der Waals surface area contributed by atoms with Crippen LogP contribution in [0.2, 0.25) is 5.15 Å². The molecule has 0 amide bonds. The van der Waals surface area contributed by atoms with Crippen LogP contribution >= 0.6 is 11.6 Å². The molecule has 9 nitrogen and oxygen atoms in total. The third-order valence-corrected chi connectivity index (χ3v) is 4.80. The van der Waals surface area contributed by atoms with Crippen LogP contribution < -0.4 is 15.8 Å². The standard InChI is InChI=1S/C18H20ClN5O4/c1-28-17-9(3-2-6-21-17)4-5-11-15(19)23-18(20)24-16(11)22-12-7-10(8-25)13(26)14(12)27/h2-3,6,10,12-14,25-27H,7-8H2,1H3,(H3,20,22,23,24)/t10-,12-,13-,14+/m1/s1. The van der Waals surface area contributed by atoms with Crippen molar-refractivity contribution in [1.82, 2.24) is 15.0 Å². The second kappa shape index (κ2) is 8.58. The predicted octanol–water partition coefficient (Wildman–Crippen LogP) is 0.0301. The van der Waals surface area contributed by atoms with Gasteiger partial charge in [0, 0.05) is 18.7 Å². The van der Waals surface area contributed by atoms with Gasteiger partial charge in [-0.3, -0.25) is 0 Å². The summed E-state index contributed by atoms with van der Waals surface area (Å²) < 4.78 is 5.17. The lowest BCUT2D eigenvalue weighted by Gasteiger charge is -2.19. The van der Waals surface area contributed by atoms with Crippen LogP contribution in [0, 0.1) is 17.8 Å². The van der Waals surface area contributed by atoms with E-state index in [-0.39, 0.29) is 29.1 Å². The number of hydrogen-bond donors (Lipinski definition) is 5. The van der Waals surface area contributed by atoms with Gasteiger partial charge in [-0.15, -0.1) is 0 Å². The molecule has 0 bridgehead atoms. The minimum absolute atomic E-state index is 0.0390. The second-order valence-corrected chi connectivity index (χ2v) is 6.67. The Bertz CT molecular complexity index is 917. The van der Waals surface area contributed by atoms with E-state index in [1.807, 2.05) is 0 Å². The number of halogens is 1. The van der Waals surface area contributed by atoms with E-state index < -0.39 is 24.2 Å². The lowest BCUT2D eigenvalue weighted by atomic mass is 10.1. The van der Waals surface area contributed by atoms with Crippen molar-refractivity contribution in [2.24, 2.45) is 5.92 Å². The molecule has 0 saturated heterocycles. The minimum Gasteiger partial charge on any atom is -0.480 e. The highest BCUT2D eigenvalue weighted by Crippen LogP contribution is 2.30. The maximum atomic E-state index is 10.2. The van der Waals surface area contributed by atoms with E-state index in [0.717, 1.165) is 0 Å². The zero-order valence-electron chi connectivity index (χ0n) is 15.0. The Labute approximate surface area is 166 Å². The number of aromatic nitrogens is 3. The van der Waals surface area contributed by atoms with Gasteiger partial charge in [0.05, 0.1) is 24.8 Å². The fraction of sp³-hybridized carbons (Fsp3) is 0.389. The number of pyridine rings is 1. The smallest absolute Gasteiger partial charge is 0.229 e. The molecule has 4 atom stereocenters. The summed E-state index contributed by atoms with van der Waals surface area (Å²) in [6.45, 7) is -0.240. The molecule has 2 heterocycles. The number of nitrogen functional groups attached to an aromatic ring is 1. The van der Waals surface area contributed by atoms with Gasteiger partial charge in [0.15, 0.2) is 5.15 Å². The zero-order chi connectivity index (χ0) is 20.3. The molecule has 6 N–H and O–H groups in total. The van der Waals surface area contributed by atoms with Crippen molar-refractivity contribution in [1.29, 1.82) is 0 Å². The summed E-state index contributed by atoms with van der Waals surface area (Å²) in [5, 5.41) is 32.6. The number of nitrogens with one attached hydrogen (secondary N) is 1. The minimum atomic E-state index is -1.09. The Morgan fingerprint density at radius 2 is 2.11 bits per heavy atom. The summed E-state index contributed by atoms with van der Waals surface area (Å²) in [5.74, 6) is 5.87. The third kappa shape index (κ3) is 4.10. The van der Waals surface area contributed by atoms with E-state index in [4.69, 9.17) is 22.1 Å². The van der Waals surface area contributed by atoms with Crippen molar-refractivity contribution in [2.75, 3.05) is 24.8 Å². The molecule has 2 aromatic rings. The van der Waals surface area contributed by atoms with Gasteiger partial charge in [0.25, 0.3) is 0 Å². The number of nitrogens with two attached hydrogens (primary N) is 1. The van der Waals surface area contributed by atoms with Gasteiger partial charge < -0.3 is 31.1 Å². The maximum Gasteiger partial charge on any atom is 0.229 e. The number of aliphatic hydroxyl groups is 3. The van der Waals surface area contributed by atoms with Gasteiger partial charge in [-0.05, 0) is 18.6 Å². The van der Waals surface area contributed by atoms with Crippen LogP contribution in [0.15, 0.2) is 18.3 Å². The van der Waals surface area contributed by atoms with Crippen LogP contribution in [-0.2, 0) is 0 Å². The molecule has 0 aromatic carbocycles. The van der Waals surface area contributed by atoms with Gasteiger partial charge in [-0.2, -0.15) is 9.97 Å². The van der Waals surface area contributed by atoms with Gasteiger partial charge in [0.2, 0.25) is 11.8 Å². The highest BCUT2D eigenvalue weighted by molar-refractivity contribution is 6.31. The number of rotatable bonds is 4. The van der Waals surface area contributed by atoms with Crippen molar-refractivity contribution in [2.45, 2.75) is 24.7 Å².